The molecule has 2 heterocycles. The third-order valence-corrected chi connectivity index (χ3v) is 5.81. The number of imidazole rings is 1. The van der Waals surface area contributed by atoms with Gasteiger partial charge in [-0.1, -0.05) is 30.3 Å². The largest absolute Gasteiger partial charge is 0.497 e. The van der Waals surface area contributed by atoms with Gasteiger partial charge in [0.1, 0.15) is 29.4 Å². The first-order valence-corrected chi connectivity index (χ1v) is 10.4. The van der Waals surface area contributed by atoms with Crippen LogP contribution in [-0.4, -0.2) is 34.8 Å². The lowest BCUT2D eigenvalue weighted by Gasteiger charge is -2.13. The van der Waals surface area contributed by atoms with Gasteiger partial charge in [-0.25, -0.2) is 9.78 Å². The van der Waals surface area contributed by atoms with Gasteiger partial charge in [-0.3, -0.25) is 0 Å². The molecule has 1 aromatic heterocycles. The second kappa shape index (κ2) is 8.35. The van der Waals surface area contributed by atoms with E-state index in [-0.39, 0.29) is 5.56 Å². The van der Waals surface area contributed by atoms with Crippen LogP contribution >= 0.6 is 0 Å². The quantitative estimate of drug-likeness (QED) is 0.479. The van der Waals surface area contributed by atoms with Gasteiger partial charge in [0.15, 0.2) is 0 Å². The maximum atomic E-state index is 11.6. The molecule has 33 heavy (non-hydrogen) atoms. The average Bonchev–Trinajstić information content (AvgIpc) is 3.18. The van der Waals surface area contributed by atoms with E-state index in [0.717, 1.165) is 33.3 Å². The van der Waals surface area contributed by atoms with Crippen molar-refractivity contribution in [2.24, 2.45) is 0 Å². The molecule has 166 valence electrons. The van der Waals surface area contributed by atoms with E-state index in [1.165, 1.54) is 0 Å². The van der Waals surface area contributed by atoms with Gasteiger partial charge in [-0.05, 0) is 34.9 Å². The van der Waals surface area contributed by atoms with Crippen molar-refractivity contribution < 1.29 is 24.1 Å². The van der Waals surface area contributed by atoms with Crippen LogP contribution in [0.15, 0.2) is 67.0 Å². The number of nitrogens with zero attached hydrogens (tertiary/aromatic N) is 2. The fraction of sp³-hybridized carbons (Fsp3) is 0.154. The van der Waals surface area contributed by atoms with Crippen LogP contribution in [0.1, 0.15) is 27.0 Å². The zero-order valence-corrected chi connectivity index (χ0v) is 18.2. The molecule has 5 rings (SSSR count). The van der Waals surface area contributed by atoms with Crippen LogP contribution < -0.4 is 14.2 Å². The zero-order chi connectivity index (χ0) is 22.9. The summed E-state index contributed by atoms with van der Waals surface area (Å²) in [6.45, 7) is 0.911. The lowest BCUT2D eigenvalue weighted by molar-refractivity contribution is 0.0697. The van der Waals surface area contributed by atoms with E-state index in [0.29, 0.717) is 30.4 Å². The maximum Gasteiger partial charge on any atom is 0.335 e. The van der Waals surface area contributed by atoms with Crippen LogP contribution in [0.3, 0.4) is 0 Å². The molecule has 0 bridgehead atoms. The molecule has 0 fully saturated rings. The summed E-state index contributed by atoms with van der Waals surface area (Å²) in [4.78, 5) is 16.2. The van der Waals surface area contributed by atoms with Gasteiger partial charge in [0, 0.05) is 24.2 Å². The summed E-state index contributed by atoms with van der Waals surface area (Å²) in [6, 6.07) is 16.7. The van der Waals surface area contributed by atoms with Crippen molar-refractivity contribution >= 4 is 22.6 Å². The molecule has 7 heteroatoms. The SMILES string of the molecule is COc1cc(OC)c2c(c1)ncn2C/C=C1\c2ccccc2COc2ccc(C(=O)O)cc21. The molecule has 0 saturated carbocycles. The standard InChI is InChI=1S/C26H22N2O5/c1-31-18-12-22-25(24(13-18)32-2)28(15-27-22)10-9-20-19-6-4-3-5-17(19)14-33-23-8-7-16(26(29)30)11-21(20)23/h3-9,11-13,15H,10,14H2,1-2H3,(H,29,30)/b20-9+. The Kier molecular flexibility index (Phi) is 5.22. The topological polar surface area (TPSA) is 82.8 Å². The number of allylic oxidation sites excluding steroid dienone is 1. The molecule has 0 unspecified atom stereocenters. The Labute approximate surface area is 190 Å². The second-order valence-electron chi connectivity index (χ2n) is 7.67. The molecule has 0 aliphatic carbocycles. The fourth-order valence-corrected chi connectivity index (χ4v) is 4.18. The third-order valence-electron chi connectivity index (χ3n) is 5.81. The predicted octanol–water partition coefficient (Wildman–Crippen LogP) is 4.78. The van der Waals surface area contributed by atoms with Crippen LogP contribution in [0.5, 0.6) is 17.2 Å². The Morgan fingerprint density at radius 3 is 2.76 bits per heavy atom. The number of carbonyl (C=O) groups is 1. The van der Waals surface area contributed by atoms with E-state index in [9.17, 15) is 9.90 Å². The Morgan fingerprint density at radius 2 is 1.97 bits per heavy atom. The number of methoxy groups -OCH3 is 2. The van der Waals surface area contributed by atoms with Gasteiger partial charge >= 0.3 is 5.97 Å². The summed E-state index contributed by atoms with van der Waals surface area (Å²) in [6.07, 6.45) is 3.83. The Balaban J connectivity index is 1.65. The number of carboxylic acid groups (broad SMARTS) is 1. The smallest absolute Gasteiger partial charge is 0.335 e. The number of hydrogen-bond donors (Lipinski definition) is 1. The first-order valence-electron chi connectivity index (χ1n) is 10.4. The zero-order valence-electron chi connectivity index (χ0n) is 18.2. The third kappa shape index (κ3) is 3.67. The molecule has 7 nitrogen and oxygen atoms in total. The highest BCUT2D eigenvalue weighted by atomic mass is 16.5. The lowest BCUT2D eigenvalue weighted by atomic mass is 9.93. The number of rotatable bonds is 5. The number of aromatic nitrogens is 2. The summed E-state index contributed by atoms with van der Waals surface area (Å²) in [7, 11) is 3.23. The molecule has 0 atom stereocenters. The van der Waals surface area contributed by atoms with Crippen molar-refractivity contribution in [1.82, 2.24) is 9.55 Å². The van der Waals surface area contributed by atoms with Gasteiger partial charge in [-0.15, -0.1) is 0 Å². The van der Waals surface area contributed by atoms with Crippen molar-refractivity contribution in [1.29, 1.82) is 0 Å². The first kappa shape index (κ1) is 20.6. The molecule has 1 aliphatic heterocycles. The molecule has 3 aromatic carbocycles. The van der Waals surface area contributed by atoms with Gasteiger partial charge in [0.05, 0.1) is 31.6 Å². The van der Waals surface area contributed by atoms with E-state index >= 15 is 0 Å². The summed E-state index contributed by atoms with van der Waals surface area (Å²) in [5, 5.41) is 9.54. The maximum absolute atomic E-state index is 11.6. The molecule has 0 radical (unpaired) electrons. The van der Waals surface area contributed by atoms with Crippen LogP contribution in [-0.2, 0) is 13.2 Å². The molecular weight excluding hydrogens is 420 g/mol. The molecule has 4 aromatic rings. The van der Waals surface area contributed by atoms with Gasteiger partial charge < -0.3 is 23.9 Å². The van der Waals surface area contributed by atoms with Crippen molar-refractivity contribution in [2.45, 2.75) is 13.2 Å². The van der Waals surface area contributed by atoms with Gasteiger partial charge in [0.2, 0.25) is 0 Å². The highest BCUT2D eigenvalue weighted by Crippen LogP contribution is 2.38. The lowest BCUT2D eigenvalue weighted by Crippen LogP contribution is -2.01. The molecule has 0 amide bonds. The van der Waals surface area contributed by atoms with E-state index in [1.807, 2.05) is 41.0 Å². The summed E-state index contributed by atoms with van der Waals surface area (Å²) in [5.74, 6) is 1.01. The highest BCUT2D eigenvalue weighted by molar-refractivity contribution is 5.92. The number of fused-ring (bicyclic) bond motifs is 3. The van der Waals surface area contributed by atoms with Crippen LogP contribution in [0, 0.1) is 0 Å². The van der Waals surface area contributed by atoms with E-state index in [1.54, 1.807) is 38.7 Å². The average molecular weight is 442 g/mol. The van der Waals surface area contributed by atoms with Gasteiger partial charge in [-0.2, -0.15) is 0 Å². The van der Waals surface area contributed by atoms with Crippen molar-refractivity contribution in [3.63, 3.8) is 0 Å². The number of aromatic carboxylic acids is 1. The number of benzene rings is 3. The van der Waals surface area contributed by atoms with E-state index < -0.39 is 5.97 Å². The molecule has 1 N–H and O–H groups in total. The monoisotopic (exact) mass is 442 g/mol. The van der Waals surface area contributed by atoms with Crippen LogP contribution in [0.25, 0.3) is 16.6 Å². The number of hydrogen-bond acceptors (Lipinski definition) is 5. The fourth-order valence-electron chi connectivity index (χ4n) is 4.18. The predicted molar refractivity (Wildman–Crippen MR) is 124 cm³/mol. The molecular formula is C26H22N2O5. The minimum absolute atomic E-state index is 0.212. The Hall–Kier alpha value is -4.26. The normalized spacial score (nSPS) is 13.7. The molecule has 0 spiro atoms. The Bertz CT molecular complexity index is 1400. The van der Waals surface area contributed by atoms with Crippen LogP contribution in [0.2, 0.25) is 0 Å². The van der Waals surface area contributed by atoms with E-state index in [4.69, 9.17) is 14.2 Å². The highest BCUT2D eigenvalue weighted by Gasteiger charge is 2.21. The molecule has 1 aliphatic rings. The van der Waals surface area contributed by atoms with Gasteiger partial charge in [0.25, 0.3) is 0 Å². The Morgan fingerprint density at radius 1 is 1.12 bits per heavy atom. The number of ether oxygens (including phenoxy) is 3. The van der Waals surface area contributed by atoms with Crippen LogP contribution in [0.4, 0.5) is 0 Å². The first-order chi connectivity index (χ1) is 16.1. The minimum Gasteiger partial charge on any atom is -0.497 e. The van der Waals surface area contributed by atoms with E-state index in [2.05, 4.69) is 11.1 Å². The summed E-state index contributed by atoms with van der Waals surface area (Å²) < 4.78 is 19.0. The minimum atomic E-state index is -0.978. The molecule has 0 saturated heterocycles. The summed E-state index contributed by atoms with van der Waals surface area (Å²) >= 11 is 0. The van der Waals surface area contributed by atoms with Crippen molar-refractivity contribution in [3.05, 3.63) is 89.3 Å². The van der Waals surface area contributed by atoms with Crippen molar-refractivity contribution in [3.8, 4) is 17.2 Å². The summed E-state index contributed by atoms with van der Waals surface area (Å²) in [5.41, 5.74) is 5.54. The number of carboxylic acids is 1. The second-order valence-corrected chi connectivity index (χ2v) is 7.67. The van der Waals surface area contributed by atoms with Crippen molar-refractivity contribution in [2.75, 3.05) is 14.2 Å².